The van der Waals surface area contributed by atoms with Crippen molar-refractivity contribution in [3.05, 3.63) is 48.3 Å². The Morgan fingerprint density at radius 2 is 1.82 bits per heavy atom. The van der Waals surface area contributed by atoms with E-state index in [9.17, 15) is 30.8 Å². The topological polar surface area (TPSA) is 97.0 Å². The third-order valence-electron chi connectivity index (χ3n) is 5.62. The Morgan fingerprint density at radius 3 is 2.39 bits per heavy atom. The average Bonchev–Trinajstić information content (AvgIpc) is 3.66. The third kappa shape index (κ3) is 7.67. The van der Waals surface area contributed by atoms with Crippen molar-refractivity contribution in [3.63, 3.8) is 0 Å². The minimum Gasteiger partial charge on any atom is -0.489 e. The van der Waals surface area contributed by atoms with Gasteiger partial charge in [-0.1, -0.05) is 11.9 Å². The van der Waals surface area contributed by atoms with Gasteiger partial charge in [-0.3, -0.25) is 14.3 Å². The molecule has 38 heavy (non-hydrogen) atoms. The van der Waals surface area contributed by atoms with E-state index >= 15 is 0 Å². The van der Waals surface area contributed by atoms with E-state index in [0.29, 0.717) is 13.8 Å². The molecular weight excluding hydrogens is 550 g/mol. The fourth-order valence-electron chi connectivity index (χ4n) is 3.17. The van der Waals surface area contributed by atoms with Crippen LogP contribution in [0.3, 0.4) is 0 Å². The maximum atomic E-state index is 13.2. The van der Waals surface area contributed by atoms with Gasteiger partial charge in [-0.15, -0.1) is 0 Å². The van der Waals surface area contributed by atoms with Gasteiger partial charge in [0.2, 0.25) is 5.60 Å². The second-order valence-electron chi connectivity index (χ2n) is 9.04. The maximum absolute atomic E-state index is 13.2. The van der Waals surface area contributed by atoms with Crippen molar-refractivity contribution in [1.82, 2.24) is 4.72 Å². The number of amides is 1. The normalized spacial score (nSPS) is 15.5. The number of carbonyl (C=O) groups excluding carboxylic acids is 1. The highest BCUT2D eigenvalue weighted by atomic mass is 32.2. The van der Waals surface area contributed by atoms with Crippen LogP contribution in [-0.2, 0) is 14.8 Å². The number of sulfonamides is 1. The summed E-state index contributed by atoms with van der Waals surface area (Å²) in [6.07, 6.45) is -3.22. The molecule has 0 atom stereocenters. The van der Waals surface area contributed by atoms with E-state index in [2.05, 4.69) is 14.8 Å². The third-order valence-corrected chi connectivity index (χ3v) is 8.37. The lowest BCUT2D eigenvalue weighted by Crippen LogP contribution is -2.44. The number of benzene rings is 2. The van der Waals surface area contributed by atoms with Crippen molar-refractivity contribution in [2.45, 2.75) is 43.4 Å². The van der Waals surface area contributed by atoms with Crippen LogP contribution in [0.5, 0.6) is 5.75 Å². The summed E-state index contributed by atoms with van der Waals surface area (Å²) in [6, 6.07) is 8.16. The van der Waals surface area contributed by atoms with Crippen molar-refractivity contribution in [2.24, 2.45) is 5.92 Å². The first kappa shape index (κ1) is 29.8. The lowest BCUT2D eigenvalue weighted by atomic mass is 10.1. The predicted octanol–water partition coefficient (Wildman–Crippen LogP) is 5.57. The molecule has 0 spiro atoms. The zero-order valence-electron chi connectivity index (χ0n) is 21.0. The first-order valence-electron chi connectivity index (χ1n) is 11.6. The van der Waals surface area contributed by atoms with Gasteiger partial charge < -0.3 is 9.47 Å². The van der Waals surface area contributed by atoms with Crippen molar-refractivity contribution in [3.8, 4) is 5.75 Å². The number of halogens is 4. The molecular formula is C24H29F4N3O5S2. The number of nitrogens with one attached hydrogen (secondary N) is 2. The van der Waals surface area contributed by atoms with E-state index < -0.39 is 33.7 Å². The minimum atomic E-state index is -4.78. The largest absolute Gasteiger partial charge is 0.489 e. The summed E-state index contributed by atoms with van der Waals surface area (Å²) in [6.45, 7) is 1.37. The second-order valence-corrected chi connectivity index (χ2v) is 11.9. The van der Waals surface area contributed by atoms with Crippen molar-refractivity contribution in [2.75, 3.05) is 35.6 Å². The van der Waals surface area contributed by atoms with Crippen LogP contribution in [0.4, 0.5) is 33.7 Å². The Hall–Kier alpha value is -2.71. The van der Waals surface area contributed by atoms with Crippen LogP contribution in [0, 0.1) is 11.7 Å². The first-order chi connectivity index (χ1) is 17.7. The van der Waals surface area contributed by atoms with Crippen molar-refractivity contribution < 1.29 is 40.2 Å². The maximum Gasteiger partial charge on any atom is 0.427 e. The second kappa shape index (κ2) is 12.0. The van der Waals surface area contributed by atoms with Crippen LogP contribution >= 0.6 is 11.9 Å². The molecule has 2 N–H and O–H groups in total. The molecule has 8 nitrogen and oxygen atoms in total. The summed E-state index contributed by atoms with van der Waals surface area (Å²) < 4.78 is 91.8. The number of rotatable bonds is 7. The van der Waals surface area contributed by atoms with Gasteiger partial charge >= 0.3 is 12.3 Å². The lowest BCUT2D eigenvalue weighted by Gasteiger charge is -2.31. The van der Waals surface area contributed by atoms with Crippen LogP contribution in [0.1, 0.15) is 26.7 Å². The quantitative estimate of drug-likeness (QED) is 0.327. The highest BCUT2D eigenvalue weighted by Crippen LogP contribution is 2.38. The van der Waals surface area contributed by atoms with Crippen LogP contribution in [0.15, 0.2) is 47.4 Å². The van der Waals surface area contributed by atoms with Gasteiger partial charge in [0.05, 0.1) is 17.1 Å². The fraction of sp³-hybridized carbons (Fsp3) is 0.458. The molecule has 1 aliphatic carbocycles. The number of anilines is 2. The summed E-state index contributed by atoms with van der Waals surface area (Å²) in [5, 5.41) is 2.15. The molecule has 1 heterocycles. The summed E-state index contributed by atoms with van der Waals surface area (Å²) in [5.41, 5.74) is -2.68. The molecule has 14 heteroatoms. The Balaban J connectivity index is 0.000000494. The number of nitrogens with zero attached hydrogens (tertiary/aromatic N) is 1. The van der Waals surface area contributed by atoms with Crippen LogP contribution < -0.4 is 19.1 Å². The summed E-state index contributed by atoms with van der Waals surface area (Å²) in [7, 11) is -2.11. The zero-order chi connectivity index (χ0) is 28.1. The van der Waals surface area contributed by atoms with Gasteiger partial charge in [0.25, 0.3) is 10.0 Å². The number of ether oxygens (including phenoxy) is 2. The van der Waals surface area contributed by atoms with E-state index in [0.717, 1.165) is 34.5 Å². The Labute approximate surface area is 223 Å². The number of hydrogen-bond donors (Lipinski definition) is 2. The van der Waals surface area contributed by atoms with E-state index in [4.69, 9.17) is 4.74 Å². The molecule has 0 bridgehead atoms. The monoisotopic (exact) mass is 579 g/mol. The Kier molecular flexibility index (Phi) is 9.42. The van der Waals surface area contributed by atoms with Gasteiger partial charge in [0, 0.05) is 11.4 Å². The molecule has 2 aromatic rings. The number of carbonyl (C=O) groups is 1. The Bertz CT molecular complexity index is 1220. The molecule has 210 valence electrons. The van der Waals surface area contributed by atoms with Gasteiger partial charge in [0.1, 0.15) is 18.2 Å². The van der Waals surface area contributed by atoms with Crippen LogP contribution in [-0.4, -0.2) is 52.2 Å². The molecule has 2 aliphatic rings. The molecule has 4 rings (SSSR count). The van der Waals surface area contributed by atoms with E-state index in [1.165, 1.54) is 36.8 Å². The highest BCUT2D eigenvalue weighted by molar-refractivity contribution is 7.97. The lowest BCUT2D eigenvalue weighted by molar-refractivity contribution is -0.242. The number of hydrogen-bond acceptors (Lipinski definition) is 7. The van der Waals surface area contributed by atoms with Gasteiger partial charge in [0.15, 0.2) is 0 Å². The fourth-order valence-corrected chi connectivity index (χ4v) is 5.36. The summed E-state index contributed by atoms with van der Waals surface area (Å²) in [5.74, 6) is 1.95. The molecule has 1 amide bonds. The molecule has 1 saturated carbocycles. The van der Waals surface area contributed by atoms with Crippen LogP contribution in [0.25, 0.3) is 0 Å². The zero-order valence-corrected chi connectivity index (χ0v) is 22.6. The first-order valence-corrected chi connectivity index (χ1v) is 14.1. The van der Waals surface area contributed by atoms with Crippen molar-refractivity contribution >= 4 is 39.4 Å². The average molecular weight is 580 g/mol. The SMILES string of the molecule is CC(C)(OC(=O)Nc1ccc2c(c1)N(S(=O)(=O)c1ccc(F)cc1)CCO2)C(F)(F)F.CNSCC1CC1. The molecule has 0 saturated heterocycles. The standard InChI is InChI=1S/C19H18F4N2O5S.C5H11NS/c1-18(2,19(21,22)23)30-17(26)24-13-5-8-16-15(11-13)25(9-10-29-16)31(27,28)14-6-3-12(20)4-7-14;1-6-7-4-5-2-3-5/h3-8,11H,9-10H2,1-2H3,(H,24,26);5-6H,2-4H2,1H3. The molecule has 2 aromatic carbocycles. The predicted molar refractivity (Wildman–Crippen MR) is 137 cm³/mol. The van der Waals surface area contributed by atoms with Crippen LogP contribution in [0.2, 0.25) is 0 Å². The molecule has 1 aliphatic heterocycles. The Morgan fingerprint density at radius 1 is 1.16 bits per heavy atom. The van der Waals surface area contributed by atoms with Gasteiger partial charge in [-0.05, 0) is 82.1 Å². The summed E-state index contributed by atoms with van der Waals surface area (Å²) in [4.78, 5) is 11.8. The van der Waals surface area contributed by atoms with E-state index in [-0.39, 0.29) is 35.2 Å². The molecule has 0 aromatic heterocycles. The molecule has 1 fully saturated rings. The van der Waals surface area contributed by atoms with Gasteiger partial charge in [-0.2, -0.15) is 13.2 Å². The number of fused-ring (bicyclic) bond motifs is 1. The van der Waals surface area contributed by atoms with Crippen molar-refractivity contribution in [1.29, 1.82) is 0 Å². The van der Waals surface area contributed by atoms with E-state index in [1.54, 1.807) is 0 Å². The highest BCUT2D eigenvalue weighted by Gasteiger charge is 2.51. The minimum absolute atomic E-state index is 0.00784. The number of alkyl halides is 3. The van der Waals surface area contributed by atoms with E-state index in [1.807, 2.05) is 19.0 Å². The molecule has 0 unspecified atom stereocenters. The summed E-state index contributed by atoms with van der Waals surface area (Å²) >= 11 is 1.83. The molecule has 0 radical (unpaired) electrons. The smallest absolute Gasteiger partial charge is 0.427 e. The van der Waals surface area contributed by atoms with Gasteiger partial charge in [-0.25, -0.2) is 17.6 Å².